The van der Waals surface area contributed by atoms with Gasteiger partial charge in [-0.25, -0.2) is 0 Å². The number of hydrogen-bond donors (Lipinski definition) is 3. The second-order valence-corrected chi connectivity index (χ2v) is 4.14. The lowest BCUT2D eigenvalue weighted by molar-refractivity contribution is -0.131. The predicted molar refractivity (Wildman–Crippen MR) is 67.9 cm³/mol. The maximum Gasteiger partial charge on any atom is 0.308 e. The summed E-state index contributed by atoms with van der Waals surface area (Å²) in [4.78, 5) is 22.9. The molecule has 0 heterocycles. The van der Waals surface area contributed by atoms with Crippen LogP contribution in [0, 0.1) is 6.92 Å². The number of nitrogens with one attached hydrogen (secondary N) is 1. The monoisotopic (exact) mass is 267 g/mol. The molecule has 104 valence electrons. The lowest BCUT2D eigenvalue weighted by Crippen LogP contribution is -2.34. The van der Waals surface area contributed by atoms with E-state index < -0.39 is 24.6 Å². The lowest BCUT2D eigenvalue weighted by Gasteiger charge is -2.12. The number of ether oxygens (including phenoxy) is 1. The van der Waals surface area contributed by atoms with Crippen LogP contribution in [0.4, 0.5) is 0 Å². The van der Waals surface area contributed by atoms with Crippen LogP contribution in [-0.4, -0.2) is 41.3 Å². The van der Waals surface area contributed by atoms with Crippen LogP contribution in [0.25, 0.3) is 0 Å². The molecule has 0 spiro atoms. The van der Waals surface area contributed by atoms with Crippen LogP contribution in [0.15, 0.2) is 18.2 Å². The Labute approximate surface area is 111 Å². The molecule has 0 aliphatic rings. The maximum atomic E-state index is 11.9. The summed E-state index contributed by atoms with van der Waals surface area (Å²) in [5, 5.41) is 20.3. The summed E-state index contributed by atoms with van der Waals surface area (Å²) in [6, 6.07) is 4.83. The molecule has 6 nitrogen and oxygen atoms in total. The quantitative estimate of drug-likeness (QED) is 0.515. The molecule has 6 heteroatoms. The molecule has 0 aliphatic carbocycles. The highest BCUT2D eigenvalue weighted by atomic mass is 16.5. The van der Waals surface area contributed by atoms with E-state index in [1.165, 1.54) is 13.0 Å². The van der Waals surface area contributed by atoms with E-state index in [4.69, 9.17) is 14.9 Å². The van der Waals surface area contributed by atoms with Crippen LogP contribution in [0.2, 0.25) is 0 Å². The smallest absolute Gasteiger partial charge is 0.308 e. The second-order valence-electron chi connectivity index (χ2n) is 4.14. The van der Waals surface area contributed by atoms with Crippen LogP contribution in [0.1, 0.15) is 22.8 Å². The zero-order chi connectivity index (χ0) is 14.4. The third kappa shape index (κ3) is 4.69. The van der Waals surface area contributed by atoms with E-state index in [1.54, 1.807) is 12.1 Å². The SMILES string of the molecule is CC(=O)Oc1cc(C)ccc1C(=O)NCC(O)CO. The van der Waals surface area contributed by atoms with Crippen LogP contribution < -0.4 is 10.1 Å². The van der Waals surface area contributed by atoms with Crippen molar-refractivity contribution in [2.24, 2.45) is 0 Å². The molecule has 0 aromatic heterocycles. The largest absolute Gasteiger partial charge is 0.426 e. The Kier molecular flexibility index (Phi) is 5.47. The molecule has 1 aromatic carbocycles. The minimum atomic E-state index is -1.02. The lowest BCUT2D eigenvalue weighted by atomic mass is 10.1. The standard InChI is InChI=1S/C13H17NO5/c1-8-3-4-11(12(5-8)19-9(2)16)13(18)14-6-10(17)7-15/h3-5,10,15,17H,6-7H2,1-2H3,(H,14,18). The number of hydrogen-bond acceptors (Lipinski definition) is 5. The highest BCUT2D eigenvalue weighted by molar-refractivity contribution is 5.97. The van der Waals surface area contributed by atoms with Crippen LogP contribution in [-0.2, 0) is 4.79 Å². The van der Waals surface area contributed by atoms with Crippen molar-refractivity contribution in [2.75, 3.05) is 13.2 Å². The summed E-state index contributed by atoms with van der Waals surface area (Å²) < 4.78 is 4.97. The molecule has 1 aromatic rings. The van der Waals surface area contributed by atoms with Gasteiger partial charge in [0.05, 0.1) is 18.3 Å². The summed E-state index contributed by atoms with van der Waals surface area (Å²) in [5.41, 5.74) is 1.05. The Morgan fingerprint density at radius 1 is 1.42 bits per heavy atom. The van der Waals surface area contributed by atoms with E-state index in [2.05, 4.69) is 5.32 Å². The third-order valence-corrected chi connectivity index (χ3v) is 2.34. The molecule has 1 amide bonds. The highest BCUT2D eigenvalue weighted by Crippen LogP contribution is 2.20. The molecule has 1 atom stereocenters. The van der Waals surface area contributed by atoms with Gasteiger partial charge in [0.25, 0.3) is 5.91 Å². The van der Waals surface area contributed by atoms with E-state index in [9.17, 15) is 9.59 Å². The fourth-order valence-electron chi connectivity index (χ4n) is 1.43. The van der Waals surface area contributed by atoms with Crippen molar-refractivity contribution in [3.05, 3.63) is 29.3 Å². The van der Waals surface area contributed by atoms with E-state index in [0.717, 1.165) is 5.56 Å². The molecule has 0 bridgehead atoms. The van der Waals surface area contributed by atoms with Gasteiger partial charge in [-0.2, -0.15) is 0 Å². The van der Waals surface area contributed by atoms with Gasteiger partial charge < -0.3 is 20.3 Å². The van der Waals surface area contributed by atoms with Crippen LogP contribution in [0.3, 0.4) is 0 Å². The first-order chi connectivity index (χ1) is 8.93. The van der Waals surface area contributed by atoms with E-state index >= 15 is 0 Å². The van der Waals surface area contributed by atoms with Gasteiger partial charge in [-0.3, -0.25) is 9.59 Å². The van der Waals surface area contributed by atoms with Crippen molar-refractivity contribution in [3.63, 3.8) is 0 Å². The Morgan fingerprint density at radius 2 is 2.11 bits per heavy atom. The first-order valence-corrected chi connectivity index (χ1v) is 5.80. The van der Waals surface area contributed by atoms with Crippen molar-refractivity contribution in [2.45, 2.75) is 20.0 Å². The highest BCUT2D eigenvalue weighted by Gasteiger charge is 2.15. The molecule has 1 rings (SSSR count). The van der Waals surface area contributed by atoms with E-state index in [1.807, 2.05) is 6.92 Å². The average Bonchev–Trinajstić information content (AvgIpc) is 2.35. The first kappa shape index (κ1) is 15.1. The predicted octanol–water partition coefficient (Wildman–Crippen LogP) is 0.00332. The molecular weight excluding hydrogens is 250 g/mol. The molecular formula is C13H17NO5. The number of aryl methyl sites for hydroxylation is 1. The average molecular weight is 267 g/mol. The van der Waals surface area contributed by atoms with Crippen LogP contribution in [0.5, 0.6) is 5.75 Å². The molecule has 0 saturated carbocycles. The van der Waals surface area contributed by atoms with Crippen molar-refractivity contribution in [1.29, 1.82) is 0 Å². The third-order valence-electron chi connectivity index (χ3n) is 2.34. The topological polar surface area (TPSA) is 95.9 Å². The fourth-order valence-corrected chi connectivity index (χ4v) is 1.43. The minimum Gasteiger partial charge on any atom is -0.426 e. The summed E-state index contributed by atoms with van der Waals surface area (Å²) in [5.74, 6) is -0.831. The summed E-state index contributed by atoms with van der Waals surface area (Å²) >= 11 is 0. The minimum absolute atomic E-state index is 0.0806. The Morgan fingerprint density at radius 3 is 2.68 bits per heavy atom. The fraction of sp³-hybridized carbons (Fsp3) is 0.385. The molecule has 3 N–H and O–H groups in total. The molecule has 1 unspecified atom stereocenters. The van der Waals surface area contributed by atoms with Gasteiger partial charge in [-0.15, -0.1) is 0 Å². The number of rotatable bonds is 5. The van der Waals surface area contributed by atoms with Crippen LogP contribution >= 0.6 is 0 Å². The van der Waals surface area contributed by atoms with Gasteiger partial charge in [0.2, 0.25) is 0 Å². The van der Waals surface area contributed by atoms with Gasteiger partial charge in [0.1, 0.15) is 5.75 Å². The zero-order valence-corrected chi connectivity index (χ0v) is 10.8. The summed E-state index contributed by atoms with van der Waals surface area (Å²) in [6.45, 7) is 2.54. The number of benzene rings is 1. The zero-order valence-electron chi connectivity index (χ0n) is 10.8. The van der Waals surface area contributed by atoms with Gasteiger partial charge in [-0.05, 0) is 24.6 Å². The molecule has 0 fully saturated rings. The summed E-state index contributed by atoms with van der Waals surface area (Å²) in [7, 11) is 0. The van der Waals surface area contributed by atoms with Gasteiger partial charge in [0, 0.05) is 13.5 Å². The van der Waals surface area contributed by atoms with Gasteiger partial charge in [-0.1, -0.05) is 6.07 Å². The van der Waals surface area contributed by atoms with Crippen molar-refractivity contribution in [1.82, 2.24) is 5.32 Å². The summed E-state index contributed by atoms with van der Waals surface area (Å²) in [6.07, 6.45) is -1.02. The van der Waals surface area contributed by atoms with E-state index in [0.29, 0.717) is 0 Å². The molecule has 19 heavy (non-hydrogen) atoms. The number of carbonyl (C=O) groups excluding carboxylic acids is 2. The van der Waals surface area contributed by atoms with Crippen molar-refractivity contribution >= 4 is 11.9 Å². The van der Waals surface area contributed by atoms with Gasteiger partial charge in [0.15, 0.2) is 0 Å². The Balaban J connectivity index is 2.86. The molecule has 0 radical (unpaired) electrons. The first-order valence-electron chi connectivity index (χ1n) is 5.80. The van der Waals surface area contributed by atoms with Gasteiger partial charge >= 0.3 is 5.97 Å². The number of amides is 1. The van der Waals surface area contributed by atoms with Crippen molar-refractivity contribution < 1.29 is 24.5 Å². The molecule has 0 saturated heterocycles. The molecule has 0 aliphatic heterocycles. The Hall–Kier alpha value is -1.92. The number of carbonyl (C=O) groups is 2. The number of aliphatic hydroxyl groups is 2. The maximum absolute atomic E-state index is 11.9. The Bertz CT molecular complexity index is 472. The number of aliphatic hydroxyl groups excluding tert-OH is 2. The van der Waals surface area contributed by atoms with Crippen molar-refractivity contribution in [3.8, 4) is 5.75 Å². The number of esters is 1. The second kappa shape index (κ2) is 6.86. The van der Waals surface area contributed by atoms with E-state index in [-0.39, 0.29) is 17.9 Å². The normalized spacial score (nSPS) is 11.8.